The van der Waals surface area contributed by atoms with Crippen LogP contribution in [0.15, 0.2) is 24.3 Å². The fourth-order valence-electron chi connectivity index (χ4n) is 2.83. The number of nitrogens with zero attached hydrogens (tertiary/aromatic N) is 1. The van der Waals surface area contributed by atoms with E-state index in [2.05, 4.69) is 30.0 Å². The standard InChI is InChI=1S/C15H24N2/c1-2-15-9-4-3-5-10-17(15)12-13-7-6-8-14(16)11-13/h6-8,11,15H,2-5,9-10,12,16H2,1H3. The molecule has 1 aromatic carbocycles. The van der Waals surface area contributed by atoms with Crippen LogP contribution < -0.4 is 5.73 Å². The highest BCUT2D eigenvalue weighted by Crippen LogP contribution is 2.21. The van der Waals surface area contributed by atoms with Crippen LogP contribution in [0.25, 0.3) is 0 Å². The number of nitrogen functional groups attached to an aromatic ring is 1. The topological polar surface area (TPSA) is 29.3 Å². The Hall–Kier alpha value is -1.02. The predicted molar refractivity (Wildman–Crippen MR) is 73.8 cm³/mol. The van der Waals surface area contributed by atoms with Crippen molar-refractivity contribution in [3.8, 4) is 0 Å². The lowest BCUT2D eigenvalue weighted by Gasteiger charge is -2.29. The van der Waals surface area contributed by atoms with Gasteiger partial charge in [0, 0.05) is 18.3 Å². The summed E-state index contributed by atoms with van der Waals surface area (Å²) in [4.78, 5) is 2.64. The summed E-state index contributed by atoms with van der Waals surface area (Å²) in [5, 5.41) is 0. The van der Waals surface area contributed by atoms with Crippen LogP contribution in [0.3, 0.4) is 0 Å². The van der Waals surface area contributed by atoms with Crippen molar-refractivity contribution in [3.05, 3.63) is 29.8 Å². The molecule has 0 radical (unpaired) electrons. The van der Waals surface area contributed by atoms with E-state index in [1.165, 1.54) is 44.2 Å². The lowest BCUT2D eigenvalue weighted by Crippen LogP contribution is -2.33. The molecule has 1 unspecified atom stereocenters. The summed E-state index contributed by atoms with van der Waals surface area (Å²) < 4.78 is 0. The van der Waals surface area contributed by atoms with E-state index in [4.69, 9.17) is 5.73 Å². The van der Waals surface area contributed by atoms with Crippen molar-refractivity contribution >= 4 is 5.69 Å². The van der Waals surface area contributed by atoms with Gasteiger partial charge in [0.05, 0.1) is 0 Å². The largest absolute Gasteiger partial charge is 0.399 e. The van der Waals surface area contributed by atoms with Crippen molar-refractivity contribution in [2.75, 3.05) is 12.3 Å². The lowest BCUT2D eigenvalue weighted by molar-refractivity contribution is 0.186. The Morgan fingerprint density at radius 1 is 1.29 bits per heavy atom. The van der Waals surface area contributed by atoms with Gasteiger partial charge in [0.1, 0.15) is 0 Å². The van der Waals surface area contributed by atoms with Gasteiger partial charge in [-0.05, 0) is 43.5 Å². The predicted octanol–water partition coefficient (Wildman–Crippen LogP) is 3.42. The first-order valence-electron chi connectivity index (χ1n) is 6.88. The van der Waals surface area contributed by atoms with Crippen molar-refractivity contribution in [1.29, 1.82) is 0 Å². The highest BCUT2D eigenvalue weighted by atomic mass is 15.2. The molecular weight excluding hydrogens is 208 g/mol. The highest BCUT2D eigenvalue weighted by molar-refractivity contribution is 5.40. The minimum absolute atomic E-state index is 0.763. The van der Waals surface area contributed by atoms with Gasteiger partial charge in [-0.25, -0.2) is 0 Å². The Bertz CT molecular complexity index is 349. The number of nitrogens with two attached hydrogens (primary N) is 1. The van der Waals surface area contributed by atoms with Crippen molar-refractivity contribution in [3.63, 3.8) is 0 Å². The van der Waals surface area contributed by atoms with Crippen molar-refractivity contribution in [1.82, 2.24) is 4.90 Å². The molecule has 1 aliphatic heterocycles. The second-order valence-corrected chi connectivity index (χ2v) is 5.13. The van der Waals surface area contributed by atoms with E-state index >= 15 is 0 Å². The zero-order valence-electron chi connectivity index (χ0n) is 10.9. The lowest BCUT2D eigenvalue weighted by atomic mass is 10.1. The third-order valence-electron chi connectivity index (χ3n) is 3.81. The summed E-state index contributed by atoms with van der Waals surface area (Å²) in [5.41, 5.74) is 8.08. The molecule has 2 nitrogen and oxygen atoms in total. The van der Waals surface area contributed by atoms with Gasteiger partial charge >= 0.3 is 0 Å². The number of benzene rings is 1. The second kappa shape index (κ2) is 6.06. The molecule has 1 heterocycles. The van der Waals surface area contributed by atoms with Crippen LogP contribution in [0.4, 0.5) is 5.69 Å². The fourth-order valence-corrected chi connectivity index (χ4v) is 2.83. The maximum absolute atomic E-state index is 5.84. The SMILES string of the molecule is CCC1CCCCCN1Cc1cccc(N)c1. The number of hydrogen-bond donors (Lipinski definition) is 1. The van der Waals surface area contributed by atoms with Gasteiger partial charge in [-0.2, -0.15) is 0 Å². The van der Waals surface area contributed by atoms with Crippen LogP contribution >= 0.6 is 0 Å². The molecule has 1 aromatic rings. The monoisotopic (exact) mass is 232 g/mol. The molecule has 94 valence electrons. The number of anilines is 1. The zero-order chi connectivity index (χ0) is 12.1. The van der Waals surface area contributed by atoms with Crippen molar-refractivity contribution in [2.24, 2.45) is 0 Å². The first kappa shape index (κ1) is 12.4. The van der Waals surface area contributed by atoms with Gasteiger partial charge in [-0.1, -0.05) is 31.9 Å². The normalized spacial score (nSPS) is 22.3. The molecule has 1 atom stereocenters. The van der Waals surface area contributed by atoms with Crippen molar-refractivity contribution < 1.29 is 0 Å². The maximum atomic E-state index is 5.84. The van der Waals surface area contributed by atoms with Crippen LogP contribution in [0.2, 0.25) is 0 Å². The maximum Gasteiger partial charge on any atom is 0.0317 e. The molecule has 0 aliphatic carbocycles. The Morgan fingerprint density at radius 2 is 2.18 bits per heavy atom. The summed E-state index contributed by atoms with van der Waals surface area (Å²) in [6, 6.07) is 9.08. The molecule has 0 bridgehead atoms. The fraction of sp³-hybridized carbons (Fsp3) is 0.600. The third kappa shape index (κ3) is 3.47. The highest BCUT2D eigenvalue weighted by Gasteiger charge is 2.19. The number of likely N-dealkylation sites (tertiary alicyclic amines) is 1. The molecule has 17 heavy (non-hydrogen) atoms. The molecule has 1 aliphatic rings. The van der Waals surface area contributed by atoms with Gasteiger partial charge < -0.3 is 5.73 Å². The van der Waals surface area contributed by atoms with Gasteiger partial charge in [-0.3, -0.25) is 4.90 Å². The summed E-state index contributed by atoms with van der Waals surface area (Å²) in [5.74, 6) is 0. The average Bonchev–Trinajstić information content (AvgIpc) is 2.54. The molecule has 2 heteroatoms. The first-order chi connectivity index (χ1) is 8.29. The smallest absolute Gasteiger partial charge is 0.0317 e. The molecule has 0 spiro atoms. The summed E-state index contributed by atoms with van der Waals surface area (Å²) in [6.07, 6.45) is 6.76. The molecule has 0 aromatic heterocycles. The molecule has 1 saturated heterocycles. The van der Waals surface area contributed by atoms with Crippen LogP contribution in [-0.4, -0.2) is 17.5 Å². The van der Waals surface area contributed by atoms with Crippen LogP contribution in [0.1, 0.15) is 44.6 Å². The minimum atomic E-state index is 0.763. The van der Waals surface area contributed by atoms with Crippen LogP contribution in [0, 0.1) is 0 Å². The Labute approximate surface area is 105 Å². The zero-order valence-corrected chi connectivity index (χ0v) is 10.9. The van der Waals surface area contributed by atoms with Gasteiger partial charge in [-0.15, -0.1) is 0 Å². The van der Waals surface area contributed by atoms with E-state index in [1.807, 2.05) is 6.07 Å². The molecule has 1 fully saturated rings. The first-order valence-corrected chi connectivity index (χ1v) is 6.88. The van der Waals surface area contributed by atoms with E-state index < -0.39 is 0 Å². The number of hydrogen-bond acceptors (Lipinski definition) is 2. The molecule has 0 saturated carbocycles. The number of rotatable bonds is 3. The molecule has 0 amide bonds. The quantitative estimate of drug-likeness (QED) is 0.809. The Morgan fingerprint density at radius 3 is 2.94 bits per heavy atom. The summed E-state index contributed by atoms with van der Waals surface area (Å²) in [6.45, 7) is 4.61. The van der Waals surface area contributed by atoms with E-state index in [9.17, 15) is 0 Å². The average molecular weight is 232 g/mol. The van der Waals surface area contributed by atoms with Gasteiger partial charge in [0.15, 0.2) is 0 Å². The Balaban J connectivity index is 2.04. The molecule has 2 rings (SSSR count). The molecule has 2 N–H and O–H groups in total. The van der Waals surface area contributed by atoms with Gasteiger partial charge in [0.25, 0.3) is 0 Å². The van der Waals surface area contributed by atoms with Crippen LogP contribution in [-0.2, 0) is 6.54 Å². The third-order valence-corrected chi connectivity index (χ3v) is 3.81. The second-order valence-electron chi connectivity index (χ2n) is 5.13. The minimum Gasteiger partial charge on any atom is -0.399 e. The summed E-state index contributed by atoms with van der Waals surface area (Å²) >= 11 is 0. The van der Waals surface area contributed by atoms with E-state index in [0.717, 1.165) is 18.3 Å². The molecular formula is C15H24N2. The van der Waals surface area contributed by atoms with Gasteiger partial charge in [0.2, 0.25) is 0 Å². The van der Waals surface area contributed by atoms with E-state index in [1.54, 1.807) is 0 Å². The van der Waals surface area contributed by atoms with E-state index in [-0.39, 0.29) is 0 Å². The van der Waals surface area contributed by atoms with E-state index in [0.29, 0.717) is 0 Å². The van der Waals surface area contributed by atoms with Crippen molar-refractivity contribution in [2.45, 2.75) is 51.6 Å². The van der Waals surface area contributed by atoms with Crippen LogP contribution in [0.5, 0.6) is 0 Å². The Kier molecular flexibility index (Phi) is 4.43. The summed E-state index contributed by atoms with van der Waals surface area (Å²) in [7, 11) is 0.